The molecule has 6 nitrogen and oxygen atoms in total. The minimum atomic E-state index is -0.124. The van der Waals surface area contributed by atoms with E-state index < -0.39 is 0 Å². The molecule has 102 valence electrons. The number of carbonyl (C=O) groups is 1. The van der Waals surface area contributed by atoms with Crippen molar-refractivity contribution in [2.75, 3.05) is 31.9 Å². The summed E-state index contributed by atoms with van der Waals surface area (Å²) in [5, 5.41) is 6.82. The SMILES string of the molecule is CCN(CC)CCCNC(=O)c1cc(N)nn1C. The van der Waals surface area contributed by atoms with E-state index in [1.165, 1.54) is 4.68 Å². The second-order valence-corrected chi connectivity index (χ2v) is 4.21. The predicted molar refractivity (Wildman–Crippen MR) is 72.4 cm³/mol. The van der Waals surface area contributed by atoms with Gasteiger partial charge in [0.25, 0.3) is 5.91 Å². The number of nitrogen functional groups attached to an aromatic ring is 1. The van der Waals surface area contributed by atoms with Crippen molar-refractivity contribution in [3.8, 4) is 0 Å². The van der Waals surface area contributed by atoms with Gasteiger partial charge in [0.2, 0.25) is 0 Å². The Morgan fingerprint density at radius 2 is 2.17 bits per heavy atom. The van der Waals surface area contributed by atoms with Gasteiger partial charge in [0.05, 0.1) is 0 Å². The van der Waals surface area contributed by atoms with Crippen molar-refractivity contribution in [1.82, 2.24) is 20.0 Å². The Bertz CT molecular complexity index is 384. The van der Waals surface area contributed by atoms with Crippen LogP contribution in [0.3, 0.4) is 0 Å². The van der Waals surface area contributed by atoms with Gasteiger partial charge in [-0.1, -0.05) is 13.8 Å². The van der Waals surface area contributed by atoms with Crippen LogP contribution in [-0.2, 0) is 7.05 Å². The van der Waals surface area contributed by atoms with Crippen LogP contribution in [0.1, 0.15) is 30.8 Å². The number of nitrogens with one attached hydrogen (secondary N) is 1. The fourth-order valence-corrected chi connectivity index (χ4v) is 1.84. The van der Waals surface area contributed by atoms with Crippen LogP contribution in [0.15, 0.2) is 6.07 Å². The quantitative estimate of drug-likeness (QED) is 0.692. The second-order valence-electron chi connectivity index (χ2n) is 4.21. The fourth-order valence-electron chi connectivity index (χ4n) is 1.84. The Hall–Kier alpha value is -1.56. The molecule has 1 aromatic heterocycles. The van der Waals surface area contributed by atoms with E-state index in [2.05, 4.69) is 29.2 Å². The first-order chi connectivity index (χ1) is 8.58. The molecule has 0 fully saturated rings. The summed E-state index contributed by atoms with van der Waals surface area (Å²) in [6.45, 7) is 8.04. The summed E-state index contributed by atoms with van der Waals surface area (Å²) in [4.78, 5) is 14.1. The number of rotatable bonds is 7. The molecule has 6 heteroatoms. The van der Waals surface area contributed by atoms with Gasteiger partial charge in [0.15, 0.2) is 0 Å². The van der Waals surface area contributed by atoms with Crippen LogP contribution in [0.25, 0.3) is 0 Å². The Balaban J connectivity index is 2.32. The molecule has 0 aliphatic carbocycles. The van der Waals surface area contributed by atoms with Crippen LogP contribution in [-0.4, -0.2) is 46.8 Å². The molecule has 0 unspecified atom stereocenters. The predicted octanol–water partition coefficient (Wildman–Crippen LogP) is 0.464. The zero-order valence-electron chi connectivity index (χ0n) is 11.4. The van der Waals surface area contributed by atoms with Gasteiger partial charge < -0.3 is 16.0 Å². The minimum absolute atomic E-state index is 0.124. The maximum Gasteiger partial charge on any atom is 0.269 e. The number of hydrogen-bond donors (Lipinski definition) is 2. The van der Waals surface area contributed by atoms with E-state index in [0.29, 0.717) is 18.1 Å². The highest BCUT2D eigenvalue weighted by Gasteiger charge is 2.11. The topological polar surface area (TPSA) is 76.2 Å². The molecule has 0 aromatic carbocycles. The van der Waals surface area contributed by atoms with Gasteiger partial charge in [0, 0.05) is 19.7 Å². The summed E-state index contributed by atoms with van der Waals surface area (Å²) in [7, 11) is 1.71. The van der Waals surface area contributed by atoms with Gasteiger partial charge in [-0.3, -0.25) is 9.48 Å². The molecule has 0 saturated heterocycles. The van der Waals surface area contributed by atoms with E-state index in [1.54, 1.807) is 13.1 Å². The molecule has 0 saturated carbocycles. The number of carbonyl (C=O) groups excluding carboxylic acids is 1. The monoisotopic (exact) mass is 253 g/mol. The molecular formula is C12H23N5O. The summed E-state index contributed by atoms with van der Waals surface area (Å²) < 4.78 is 1.50. The van der Waals surface area contributed by atoms with E-state index in [-0.39, 0.29) is 5.91 Å². The molecule has 1 heterocycles. The number of anilines is 1. The van der Waals surface area contributed by atoms with Gasteiger partial charge in [-0.2, -0.15) is 5.10 Å². The van der Waals surface area contributed by atoms with Crippen molar-refractivity contribution in [3.05, 3.63) is 11.8 Å². The molecule has 0 aliphatic rings. The van der Waals surface area contributed by atoms with Crippen molar-refractivity contribution >= 4 is 11.7 Å². The zero-order valence-corrected chi connectivity index (χ0v) is 11.4. The Kier molecular flexibility index (Phi) is 5.64. The number of aryl methyl sites for hydroxylation is 1. The molecule has 0 aliphatic heterocycles. The lowest BCUT2D eigenvalue weighted by atomic mass is 10.3. The van der Waals surface area contributed by atoms with Crippen LogP contribution in [0.5, 0.6) is 0 Å². The van der Waals surface area contributed by atoms with Crippen LogP contribution < -0.4 is 11.1 Å². The highest BCUT2D eigenvalue weighted by molar-refractivity contribution is 5.93. The van der Waals surface area contributed by atoms with Gasteiger partial charge in [0.1, 0.15) is 11.5 Å². The maximum absolute atomic E-state index is 11.8. The lowest BCUT2D eigenvalue weighted by Gasteiger charge is -2.17. The zero-order chi connectivity index (χ0) is 13.5. The smallest absolute Gasteiger partial charge is 0.269 e. The van der Waals surface area contributed by atoms with Crippen molar-refractivity contribution in [2.45, 2.75) is 20.3 Å². The minimum Gasteiger partial charge on any atom is -0.382 e. The number of hydrogen-bond acceptors (Lipinski definition) is 4. The third-order valence-corrected chi connectivity index (χ3v) is 2.96. The van der Waals surface area contributed by atoms with Gasteiger partial charge in [-0.05, 0) is 26.1 Å². The number of nitrogens with two attached hydrogens (primary N) is 1. The summed E-state index contributed by atoms with van der Waals surface area (Å²) in [5.74, 6) is 0.243. The Morgan fingerprint density at radius 1 is 1.50 bits per heavy atom. The fraction of sp³-hybridized carbons (Fsp3) is 0.667. The molecule has 1 aromatic rings. The molecule has 0 radical (unpaired) electrons. The van der Waals surface area contributed by atoms with Crippen LogP contribution in [0.2, 0.25) is 0 Å². The third kappa shape index (κ3) is 4.03. The highest BCUT2D eigenvalue weighted by Crippen LogP contribution is 2.03. The number of amides is 1. The summed E-state index contributed by atoms with van der Waals surface area (Å²) >= 11 is 0. The van der Waals surface area contributed by atoms with Crippen molar-refractivity contribution in [2.24, 2.45) is 7.05 Å². The molecule has 0 bridgehead atoms. The van der Waals surface area contributed by atoms with Gasteiger partial charge >= 0.3 is 0 Å². The largest absolute Gasteiger partial charge is 0.382 e. The van der Waals surface area contributed by atoms with Crippen LogP contribution in [0, 0.1) is 0 Å². The van der Waals surface area contributed by atoms with E-state index >= 15 is 0 Å². The summed E-state index contributed by atoms with van der Waals surface area (Å²) in [5.41, 5.74) is 6.02. The first-order valence-corrected chi connectivity index (χ1v) is 6.38. The summed E-state index contributed by atoms with van der Waals surface area (Å²) in [6, 6.07) is 1.58. The van der Waals surface area contributed by atoms with Crippen molar-refractivity contribution in [3.63, 3.8) is 0 Å². The van der Waals surface area contributed by atoms with E-state index in [1.807, 2.05) is 0 Å². The van der Waals surface area contributed by atoms with Crippen LogP contribution in [0.4, 0.5) is 5.82 Å². The first kappa shape index (κ1) is 14.5. The first-order valence-electron chi connectivity index (χ1n) is 6.38. The van der Waals surface area contributed by atoms with E-state index in [0.717, 1.165) is 26.1 Å². The molecule has 3 N–H and O–H groups in total. The van der Waals surface area contributed by atoms with E-state index in [4.69, 9.17) is 5.73 Å². The molecule has 18 heavy (non-hydrogen) atoms. The number of nitrogens with zero attached hydrogens (tertiary/aromatic N) is 3. The molecule has 0 atom stereocenters. The standard InChI is InChI=1S/C12H23N5O/c1-4-17(5-2)8-6-7-14-12(18)10-9-11(13)15-16(10)3/h9H,4-8H2,1-3H3,(H2,13,15)(H,14,18). The van der Waals surface area contributed by atoms with Gasteiger partial charge in [-0.15, -0.1) is 0 Å². The molecule has 0 spiro atoms. The third-order valence-electron chi connectivity index (χ3n) is 2.96. The van der Waals surface area contributed by atoms with Gasteiger partial charge in [-0.25, -0.2) is 0 Å². The van der Waals surface area contributed by atoms with Crippen LogP contribution >= 0.6 is 0 Å². The maximum atomic E-state index is 11.8. The summed E-state index contributed by atoms with van der Waals surface area (Å²) in [6.07, 6.45) is 0.945. The van der Waals surface area contributed by atoms with Crippen molar-refractivity contribution in [1.29, 1.82) is 0 Å². The number of aromatic nitrogens is 2. The molecule has 1 rings (SSSR count). The Morgan fingerprint density at radius 3 is 2.67 bits per heavy atom. The second kappa shape index (κ2) is 7.00. The Labute approximate surface area is 108 Å². The average molecular weight is 253 g/mol. The average Bonchev–Trinajstić information content (AvgIpc) is 2.68. The lowest BCUT2D eigenvalue weighted by Crippen LogP contribution is -2.30. The lowest BCUT2D eigenvalue weighted by molar-refractivity contribution is 0.0942. The molecular weight excluding hydrogens is 230 g/mol. The van der Waals surface area contributed by atoms with Crippen molar-refractivity contribution < 1.29 is 4.79 Å². The highest BCUT2D eigenvalue weighted by atomic mass is 16.2. The molecule has 1 amide bonds. The normalized spacial score (nSPS) is 10.9. The van der Waals surface area contributed by atoms with E-state index in [9.17, 15) is 4.79 Å².